The number of anilines is 1. The number of fused-ring (bicyclic) bond motifs is 4. The van der Waals surface area contributed by atoms with Gasteiger partial charge in [-0.1, -0.05) is 0 Å². The highest BCUT2D eigenvalue weighted by molar-refractivity contribution is 6.02. The van der Waals surface area contributed by atoms with Gasteiger partial charge in [0, 0.05) is 29.8 Å². The second-order valence-electron chi connectivity index (χ2n) is 7.63. The molecule has 0 bridgehead atoms. The summed E-state index contributed by atoms with van der Waals surface area (Å²) in [6.45, 7) is 0.996. The lowest BCUT2D eigenvalue weighted by Crippen LogP contribution is -2.55. The molecule has 0 unspecified atom stereocenters. The molecular formula is C20H17F2N7O2. The first-order valence-corrected chi connectivity index (χ1v) is 9.92. The fourth-order valence-corrected chi connectivity index (χ4v) is 4.01. The number of aromatic nitrogens is 5. The van der Waals surface area contributed by atoms with Crippen molar-refractivity contribution in [3.63, 3.8) is 0 Å². The quantitative estimate of drug-likeness (QED) is 0.466. The van der Waals surface area contributed by atoms with Crippen LogP contribution in [0.2, 0.25) is 0 Å². The number of hydrogen-bond acceptors (Lipinski definition) is 6. The molecule has 4 aromatic rings. The maximum absolute atomic E-state index is 13.7. The summed E-state index contributed by atoms with van der Waals surface area (Å²) in [4.78, 5) is 24.9. The maximum atomic E-state index is 13.7. The van der Waals surface area contributed by atoms with Gasteiger partial charge in [0.25, 0.3) is 11.8 Å². The molecule has 0 spiro atoms. The third kappa shape index (κ3) is 2.65. The summed E-state index contributed by atoms with van der Waals surface area (Å²) in [5.41, 5.74) is 2.33. The minimum absolute atomic E-state index is 0.122. The molecule has 1 atom stereocenters. The number of carbonyl (C=O) groups is 1. The maximum Gasteiger partial charge on any atom is 0.267 e. The Morgan fingerprint density at radius 2 is 2.29 bits per heavy atom. The lowest BCUT2D eigenvalue weighted by Gasteiger charge is -2.36. The third-order valence-corrected chi connectivity index (χ3v) is 5.78. The number of rotatable bonds is 3. The molecule has 1 amide bonds. The van der Waals surface area contributed by atoms with Gasteiger partial charge in [0.2, 0.25) is 0 Å². The number of hydrogen-bond donors (Lipinski definition) is 3. The Balaban J connectivity index is 1.51. The van der Waals surface area contributed by atoms with Crippen LogP contribution in [-0.4, -0.2) is 55.6 Å². The molecule has 1 aliphatic carbocycles. The Morgan fingerprint density at radius 3 is 3.10 bits per heavy atom. The van der Waals surface area contributed by atoms with E-state index in [1.54, 1.807) is 12.4 Å². The number of ether oxygens (including phenoxy) is 1. The van der Waals surface area contributed by atoms with Crippen molar-refractivity contribution in [2.75, 3.05) is 18.5 Å². The Morgan fingerprint density at radius 1 is 1.39 bits per heavy atom. The number of pyridine rings is 1. The monoisotopic (exact) mass is 425 g/mol. The summed E-state index contributed by atoms with van der Waals surface area (Å²) in [6, 6.07) is 2.55. The Hall–Kier alpha value is -3.76. The van der Waals surface area contributed by atoms with Gasteiger partial charge < -0.3 is 20.4 Å². The number of H-pyrrole nitrogens is 1. The number of carbonyl (C=O) groups excluding carboxylic acids is 1. The number of amides is 1. The highest BCUT2D eigenvalue weighted by Crippen LogP contribution is 2.41. The van der Waals surface area contributed by atoms with Crippen molar-refractivity contribution in [2.45, 2.75) is 24.8 Å². The molecule has 2 aliphatic rings. The van der Waals surface area contributed by atoms with E-state index >= 15 is 0 Å². The average molecular weight is 425 g/mol. The van der Waals surface area contributed by atoms with Gasteiger partial charge in [0.15, 0.2) is 17.2 Å². The zero-order chi connectivity index (χ0) is 21.2. The van der Waals surface area contributed by atoms with Crippen molar-refractivity contribution in [1.82, 2.24) is 29.9 Å². The first-order chi connectivity index (χ1) is 15.0. The lowest BCUT2D eigenvalue weighted by atomic mass is 9.88. The molecule has 1 fully saturated rings. The fourth-order valence-electron chi connectivity index (χ4n) is 4.01. The van der Waals surface area contributed by atoms with Crippen LogP contribution in [0.4, 0.5) is 14.6 Å². The molecule has 0 aromatic carbocycles. The van der Waals surface area contributed by atoms with Crippen molar-refractivity contribution in [3.05, 3.63) is 36.3 Å². The van der Waals surface area contributed by atoms with Crippen LogP contribution < -0.4 is 15.4 Å². The Kier molecular flexibility index (Phi) is 3.71. The van der Waals surface area contributed by atoms with Crippen molar-refractivity contribution in [1.29, 1.82) is 0 Å². The normalized spacial score (nSPS) is 19.4. The zero-order valence-electron chi connectivity index (χ0n) is 16.2. The van der Waals surface area contributed by atoms with E-state index < -0.39 is 17.9 Å². The second-order valence-corrected chi connectivity index (χ2v) is 7.63. The molecule has 11 heteroatoms. The number of nitrogens with one attached hydrogen (secondary N) is 3. The van der Waals surface area contributed by atoms with Crippen LogP contribution in [0.25, 0.3) is 27.9 Å². The van der Waals surface area contributed by atoms with Crippen molar-refractivity contribution in [2.24, 2.45) is 0 Å². The van der Waals surface area contributed by atoms with E-state index in [1.165, 1.54) is 10.7 Å². The van der Waals surface area contributed by atoms with Gasteiger partial charge in [-0.2, -0.15) is 9.61 Å². The van der Waals surface area contributed by atoms with Gasteiger partial charge in [0.05, 0.1) is 18.8 Å². The lowest BCUT2D eigenvalue weighted by molar-refractivity contribution is -0.102. The summed E-state index contributed by atoms with van der Waals surface area (Å²) < 4.78 is 34.7. The molecule has 0 radical (unpaired) electrons. The van der Waals surface area contributed by atoms with Crippen LogP contribution in [0.5, 0.6) is 5.75 Å². The second kappa shape index (κ2) is 6.37. The molecular weight excluding hydrogens is 408 g/mol. The molecule has 4 aromatic heterocycles. The van der Waals surface area contributed by atoms with Crippen LogP contribution in [-0.2, 0) is 0 Å². The number of alkyl halides is 2. The molecule has 31 heavy (non-hydrogen) atoms. The van der Waals surface area contributed by atoms with Crippen LogP contribution in [0.1, 0.15) is 23.2 Å². The zero-order valence-corrected chi connectivity index (χ0v) is 16.2. The molecule has 6 rings (SSSR count). The van der Waals surface area contributed by atoms with E-state index in [4.69, 9.17) is 4.74 Å². The summed E-state index contributed by atoms with van der Waals surface area (Å²) in [5, 5.41) is 10.8. The van der Waals surface area contributed by atoms with Gasteiger partial charge in [-0.05, 0) is 18.6 Å². The number of nitrogens with zero attached hydrogens (tertiary/aromatic N) is 4. The van der Waals surface area contributed by atoms with Gasteiger partial charge >= 0.3 is 0 Å². The van der Waals surface area contributed by atoms with Crippen molar-refractivity contribution < 1.29 is 18.3 Å². The first-order valence-electron chi connectivity index (χ1n) is 9.92. The molecule has 5 heterocycles. The smallest absolute Gasteiger partial charge is 0.267 e. The summed E-state index contributed by atoms with van der Waals surface area (Å²) >= 11 is 0. The van der Waals surface area contributed by atoms with E-state index in [9.17, 15) is 13.6 Å². The third-order valence-electron chi connectivity index (χ3n) is 5.78. The summed E-state index contributed by atoms with van der Waals surface area (Å²) in [6.07, 6.45) is 4.82. The number of halogens is 2. The summed E-state index contributed by atoms with van der Waals surface area (Å²) in [5.74, 6) is -2.46. The predicted octanol–water partition coefficient (Wildman–Crippen LogP) is 2.60. The number of aromatic amines is 1. The van der Waals surface area contributed by atoms with E-state index in [-0.39, 0.29) is 24.1 Å². The Labute approximate surface area is 173 Å². The minimum atomic E-state index is -2.89. The van der Waals surface area contributed by atoms with Crippen LogP contribution >= 0.6 is 0 Å². The first kappa shape index (κ1) is 18.0. The Bertz CT molecular complexity index is 1350. The molecule has 1 aliphatic heterocycles. The van der Waals surface area contributed by atoms with Gasteiger partial charge in [0.1, 0.15) is 23.5 Å². The van der Waals surface area contributed by atoms with Gasteiger partial charge in [-0.15, -0.1) is 0 Å². The molecule has 3 N–H and O–H groups in total. The van der Waals surface area contributed by atoms with Crippen LogP contribution in [0.15, 0.2) is 30.7 Å². The van der Waals surface area contributed by atoms with E-state index in [2.05, 4.69) is 30.7 Å². The average Bonchev–Trinajstić information content (AvgIpc) is 3.40. The van der Waals surface area contributed by atoms with Crippen molar-refractivity contribution in [3.8, 4) is 17.0 Å². The standard InChI is InChI=1S/C20H17F2N7O2/c21-20(22)4-3-13(20)27-19(30)12-9-26-29-17(12)28-14(15-18(29)24-6-7-31-15)11-8-25-16-10(11)2-1-5-23-16/h1-2,5,8-9,13,24H,3-4,6-7H2,(H,23,25)(H,27,30)/t13-/m0/s1. The molecule has 0 saturated heterocycles. The predicted molar refractivity (Wildman–Crippen MR) is 107 cm³/mol. The largest absolute Gasteiger partial charge is 0.486 e. The van der Waals surface area contributed by atoms with E-state index in [0.29, 0.717) is 36.1 Å². The van der Waals surface area contributed by atoms with Gasteiger partial charge in [-0.3, -0.25) is 4.79 Å². The van der Waals surface area contributed by atoms with Crippen molar-refractivity contribution >= 4 is 28.4 Å². The minimum Gasteiger partial charge on any atom is -0.486 e. The molecule has 158 valence electrons. The van der Waals surface area contributed by atoms with Crippen LogP contribution in [0, 0.1) is 0 Å². The highest BCUT2D eigenvalue weighted by Gasteiger charge is 2.49. The summed E-state index contributed by atoms with van der Waals surface area (Å²) in [7, 11) is 0. The fraction of sp³-hybridized carbons (Fsp3) is 0.300. The molecule has 9 nitrogen and oxygen atoms in total. The van der Waals surface area contributed by atoms with E-state index in [0.717, 1.165) is 10.9 Å². The van der Waals surface area contributed by atoms with Gasteiger partial charge in [-0.25, -0.2) is 18.7 Å². The highest BCUT2D eigenvalue weighted by atomic mass is 19.3. The van der Waals surface area contributed by atoms with E-state index in [1.807, 2.05) is 12.1 Å². The van der Waals surface area contributed by atoms with Crippen LogP contribution in [0.3, 0.4) is 0 Å². The molecule has 1 saturated carbocycles. The SMILES string of the molecule is O=C(N[C@H]1CCC1(F)F)c1cnn2c3c(c(-c4c[nH]c5ncccc45)nc12)OCCN3. The topological polar surface area (TPSA) is 109 Å².